The maximum atomic E-state index is 12.0. The Balaban J connectivity index is 1.89. The van der Waals surface area contributed by atoms with Gasteiger partial charge in [0, 0.05) is 28.4 Å². The number of hydroxylamine groups is 1. The number of benzene rings is 2. The summed E-state index contributed by atoms with van der Waals surface area (Å²) < 4.78 is 11.2. The molecule has 0 heterocycles. The number of hydrogen-bond acceptors (Lipinski definition) is 3. The molecule has 0 aliphatic carbocycles. The van der Waals surface area contributed by atoms with Crippen LogP contribution >= 0.6 is 0 Å². The molecule has 5 heteroatoms. The number of carbonyl (C=O) groups is 1. The van der Waals surface area contributed by atoms with E-state index in [-0.39, 0.29) is 5.91 Å². The Morgan fingerprint density at radius 1 is 1.10 bits per heavy atom. The summed E-state index contributed by atoms with van der Waals surface area (Å²) in [7, 11) is -0.931. The van der Waals surface area contributed by atoms with Gasteiger partial charge in [0.25, 0.3) is 5.91 Å². The maximum absolute atomic E-state index is 12.0. The van der Waals surface area contributed by atoms with E-state index in [2.05, 4.69) is 5.48 Å². The highest BCUT2D eigenvalue weighted by molar-refractivity contribution is 7.83. The van der Waals surface area contributed by atoms with Crippen LogP contribution in [0, 0.1) is 0 Å². The minimum absolute atomic E-state index is 0.310. The fraction of sp³-hybridized carbons (Fsp3) is 0.188. The molecule has 1 unspecified atom stereocenters. The van der Waals surface area contributed by atoms with E-state index >= 15 is 0 Å². The van der Waals surface area contributed by atoms with Crippen molar-refractivity contribution in [2.45, 2.75) is 12.4 Å². The molecule has 0 radical (unpaired) electrons. The average Bonchev–Trinajstić information content (AvgIpc) is 2.48. The number of rotatable bonds is 6. The zero-order valence-corrected chi connectivity index (χ0v) is 12.6. The van der Waals surface area contributed by atoms with Crippen LogP contribution in [0.1, 0.15) is 21.5 Å². The van der Waals surface area contributed by atoms with Gasteiger partial charge in [-0.05, 0) is 23.3 Å². The molecule has 2 aromatic rings. The van der Waals surface area contributed by atoms with E-state index in [4.69, 9.17) is 4.84 Å². The zero-order chi connectivity index (χ0) is 15.1. The molecule has 0 bridgehead atoms. The lowest BCUT2D eigenvalue weighted by Gasteiger charge is -2.07. The molecule has 0 spiro atoms. The summed E-state index contributed by atoms with van der Waals surface area (Å²) in [6.07, 6.45) is 1.63. The average molecular weight is 303 g/mol. The van der Waals surface area contributed by atoms with Crippen molar-refractivity contribution in [1.82, 2.24) is 5.48 Å². The Hall–Kier alpha value is -1.98. The maximum Gasteiger partial charge on any atom is 0.274 e. The van der Waals surface area contributed by atoms with Crippen LogP contribution in [-0.4, -0.2) is 16.4 Å². The first-order chi connectivity index (χ1) is 10.1. The fourth-order valence-electron chi connectivity index (χ4n) is 1.86. The Morgan fingerprint density at radius 2 is 1.81 bits per heavy atom. The molecule has 0 aromatic heterocycles. The second-order valence-electron chi connectivity index (χ2n) is 4.62. The van der Waals surface area contributed by atoms with E-state index in [1.165, 1.54) is 0 Å². The predicted molar refractivity (Wildman–Crippen MR) is 82.9 cm³/mol. The second-order valence-corrected chi connectivity index (χ2v) is 6.06. The fourth-order valence-corrected chi connectivity index (χ4v) is 2.50. The van der Waals surface area contributed by atoms with Gasteiger partial charge in [0.15, 0.2) is 0 Å². The van der Waals surface area contributed by atoms with Gasteiger partial charge in [0.1, 0.15) is 0 Å². The molecular weight excluding hydrogens is 286 g/mol. The van der Waals surface area contributed by atoms with Gasteiger partial charge in [-0.25, -0.2) is 5.48 Å². The molecule has 2 rings (SSSR count). The summed E-state index contributed by atoms with van der Waals surface area (Å²) in [5, 5.41) is 0. The third-order valence-corrected chi connectivity index (χ3v) is 3.55. The smallest absolute Gasteiger partial charge is 0.269 e. The summed E-state index contributed by atoms with van der Waals surface area (Å²) in [6.45, 7) is 0.311. The lowest BCUT2D eigenvalue weighted by Crippen LogP contribution is -2.23. The topological polar surface area (TPSA) is 55.4 Å². The van der Waals surface area contributed by atoms with Gasteiger partial charge in [-0.15, -0.1) is 0 Å². The zero-order valence-electron chi connectivity index (χ0n) is 11.7. The van der Waals surface area contributed by atoms with Gasteiger partial charge in [-0.3, -0.25) is 13.8 Å². The third-order valence-electron chi connectivity index (χ3n) is 2.81. The first-order valence-electron chi connectivity index (χ1n) is 6.50. The SMILES string of the molecule is CS(=O)Cc1cccc(C(=O)NOCc2ccccc2)c1. The first kappa shape index (κ1) is 15.4. The van der Waals surface area contributed by atoms with Crippen LogP contribution in [0.4, 0.5) is 0 Å². The Labute approximate surface area is 126 Å². The lowest BCUT2D eigenvalue weighted by atomic mass is 10.1. The summed E-state index contributed by atoms with van der Waals surface area (Å²) >= 11 is 0. The van der Waals surface area contributed by atoms with E-state index in [1.54, 1.807) is 24.5 Å². The standard InChI is InChI=1S/C16H17NO3S/c1-21(19)12-14-8-5-9-15(10-14)16(18)17-20-11-13-6-3-2-4-7-13/h2-10H,11-12H2,1H3,(H,17,18). The van der Waals surface area contributed by atoms with Crippen LogP contribution in [0.5, 0.6) is 0 Å². The molecule has 0 saturated carbocycles. The van der Waals surface area contributed by atoms with Crippen molar-refractivity contribution < 1.29 is 13.8 Å². The number of hydrogen-bond donors (Lipinski definition) is 1. The van der Waals surface area contributed by atoms with E-state index < -0.39 is 10.8 Å². The molecule has 2 aromatic carbocycles. The minimum atomic E-state index is -0.931. The van der Waals surface area contributed by atoms with Gasteiger partial charge < -0.3 is 0 Å². The molecule has 1 amide bonds. The van der Waals surface area contributed by atoms with Crippen molar-refractivity contribution in [3.63, 3.8) is 0 Å². The molecule has 110 valence electrons. The van der Waals surface area contributed by atoms with Gasteiger partial charge in [-0.2, -0.15) is 0 Å². The molecule has 1 N–H and O–H groups in total. The molecule has 0 fully saturated rings. The minimum Gasteiger partial charge on any atom is -0.269 e. The van der Waals surface area contributed by atoms with Crippen LogP contribution in [-0.2, 0) is 28.0 Å². The number of nitrogens with one attached hydrogen (secondary N) is 1. The Kier molecular flexibility index (Phi) is 5.66. The predicted octanol–water partition coefficient (Wildman–Crippen LogP) is 2.43. The van der Waals surface area contributed by atoms with Gasteiger partial charge in [-0.1, -0.05) is 42.5 Å². The van der Waals surface area contributed by atoms with Crippen molar-refractivity contribution in [2.24, 2.45) is 0 Å². The molecule has 21 heavy (non-hydrogen) atoms. The quantitative estimate of drug-likeness (QED) is 0.834. The van der Waals surface area contributed by atoms with Crippen molar-refractivity contribution >= 4 is 16.7 Å². The van der Waals surface area contributed by atoms with Crippen LogP contribution < -0.4 is 5.48 Å². The highest BCUT2D eigenvalue weighted by Gasteiger charge is 2.07. The molecule has 0 aliphatic rings. The van der Waals surface area contributed by atoms with E-state index in [0.717, 1.165) is 11.1 Å². The monoisotopic (exact) mass is 303 g/mol. The van der Waals surface area contributed by atoms with Gasteiger partial charge in [0.05, 0.1) is 6.61 Å². The van der Waals surface area contributed by atoms with Gasteiger partial charge in [0.2, 0.25) is 0 Å². The normalized spacial score (nSPS) is 11.9. The summed E-state index contributed by atoms with van der Waals surface area (Å²) in [6, 6.07) is 16.6. The molecule has 4 nitrogen and oxygen atoms in total. The van der Waals surface area contributed by atoms with Crippen LogP contribution in [0.3, 0.4) is 0 Å². The van der Waals surface area contributed by atoms with Crippen molar-refractivity contribution in [3.05, 3.63) is 71.3 Å². The third kappa shape index (κ3) is 5.13. The van der Waals surface area contributed by atoms with Crippen LogP contribution in [0.15, 0.2) is 54.6 Å². The van der Waals surface area contributed by atoms with Crippen molar-refractivity contribution in [2.75, 3.05) is 6.26 Å². The van der Waals surface area contributed by atoms with Gasteiger partial charge >= 0.3 is 0 Å². The van der Waals surface area contributed by atoms with E-state index in [1.807, 2.05) is 36.4 Å². The largest absolute Gasteiger partial charge is 0.274 e. The molecular formula is C16H17NO3S. The lowest BCUT2D eigenvalue weighted by molar-refractivity contribution is 0.0233. The highest BCUT2D eigenvalue weighted by atomic mass is 32.2. The highest BCUT2D eigenvalue weighted by Crippen LogP contribution is 2.08. The summed E-state index contributed by atoms with van der Waals surface area (Å²) in [5.74, 6) is 0.126. The van der Waals surface area contributed by atoms with E-state index in [9.17, 15) is 9.00 Å². The summed E-state index contributed by atoms with van der Waals surface area (Å²) in [4.78, 5) is 17.2. The van der Waals surface area contributed by atoms with Crippen LogP contribution in [0.2, 0.25) is 0 Å². The van der Waals surface area contributed by atoms with Crippen LogP contribution in [0.25, 0.3) is 0 Å². The molecule has 0 aliphatic heterocycles. The number of carbonyl (C=O) groups excluding carboxylic acids is 1. The summed E-state index contributed by atoms with van der Waals surface area (Å²) in [5.41, 5.74) is 4.75. The van der Waals surface area contributed by atoms with Crippen molar-refractivity contribution in [1.29, 1.82) is 0 Å². The first-order valence-corrected chi connectivity index (χ1v) is 8.23. The Morgan fingerprint density at radius 3 is 2.52 bits per heavy atom. The second kappa shape index (κ2) is 7.71. The molecule has 0 saturated heterocycles. The Bertz CT molecular complexity index is 628. The number of amides is 1. The molecule has 1 atom stereocenters. The van der Waals surface area contributed by atoms with E-state index in [0.29, 0.717) is 17.9 Å². The van der Waals surface area contributed by atoms with Crippen molar-refractivity contribution in [3.8, 4) is 0 Å².